The highest BCUT2D eigenvalue weighted by atomic mass is 127. The van der Waals surface area contributed by atoms with E-state index in [-0.39, 0.29) is 10.6 Å². The van der Waals surface area contributed by atoms with Gasteiger partial charge in [0.15, 0.2) is 5.78 Å². The number of rotatable bonds is 2. The Kier molecular flexibility index (Phi) is 4.19. The zero-order valence-electron chi connectivity index (χ0n) is 6.85. The van der Waals surface area contributed by atoms with Crippen LogP contribution in [0, 0.1) is 3.57 Å². The van der Waals surface area contributed by atoms with E-state index in [1.54, 1.807) is 13.0 Å². The number of ketones is 1. The second-order valence-corrected chi connectivity index (χ2v) is 5.50. The van der Waals surface area contributed by atoms with E-state index in [9.17, 15) is 4.79 Å². The van der Waals surface area contributed by atoms with Crippen LogP contribution in [-0.2, 0) is 0 Å². The number of carbonyl (C=O) groups excluding carboxylic acids is 1. The Bertz CT molecular complexity index is 338. The molecule has 1 atom stereocenters. The zero-order chi connectivity index (χ0) is 10.0. The van der Waals surface area contributed by atoms with Crippen molar-refractivity contribution in [2.24, 2.45) is 0 Å². The highest BCUT2D eigenvalue weighted by molar-refractivity contribution is 14.1. The number of benzene rings is 1. The first-order valence-corrected chi connectivity index (χ1v) is 6.03. The van der Waals surface area contributed by atoms with Crippen LogP contribution >= 0.6 is 50.1 Å². The summed E-state index contributed by atoms with van der Waals surface area (Å²) in [6, 6.07) is 5.44. The normalized spacial score (nSPS) is 12.6. The number of halogens is 3. The number of alkyl halides is 1. The maximum atomic E-state index is 11.6. The van der Waals surface area contributed by atoms with Crippen molar-refractivity contribution >= 4 is 55.9 Å². The van der Waals surface area contributed by atoms with Crippen LogP contribution < -0.4 is 0 Å². The van der Waals surface area contributed by atoms with Crippen molar-refractivity contribution in [2.75, 3.05) is 0 Å². The molecule has 0 aromatic heterocycles. The third-order valence-electron chi connectivity index (χ3n) is 1.58. The molecular formula is C9H7BrClIO. The van der Waals surface area contributed by atoms with E-state index in [1.165, 1.54) is 0 Å². The van der Waals surface area contributed by atoms with E-state index in [1.807, 2.05) is 12.1 Å². The molecule has 0 bridgehead atoms. The minimum Gasteiger partial charge on any atom is -0.293 e. The largest absolute Gasteiger partial charge is 0.293 e. The van der Waals surface area contributed by atoms with Crippen LogP contribution in [0.1, 0.15) is 17.3 Å². The molecule has 0 aliphatic rings. The predicted octanol–water partition coefficient (Wildman–Crippen LogP) is 3.91. The van der Waals surface area contributed by atoms with Crippen molar-refractivity contribution in [1.29, 1.82) is 0 Å². The zero-order valence-corrected chi connectivity index (χ0v) is 11.4. The topological polar surface area (TPSA) is 17.1 Å². The smallest absolute Gasteiger partial charge is 0.177 e. The molecule has 0 amide bonds. The number of hydrogen-bond acceptors (Lipinski definition) is 1. The molecule has 1 aromatic rings. The van der Waals surface area contributed by atoms with Gasteiger partial charge in [-0.25, -0.2) is 0 Å². The lowest BCUT2D eigenvalue weighted by Crippen LogP contribution is -2.10. The average molecular weight is 373 g/mol. The van der Waals surface area contributed by atoms with Gasteiger partial charge in [-0.05, 0) is 41.6 Å². The van der Waals surface area contributed by atoms with Crippen molar-refractivity contribution in [3.8, 4) is 0 Å². The molecule has 1 unspecified atom stereocenters. The molecule has 4 heteroatoms. The number of Topliss-reactive ketones (excluding diaryl/α,β-unsaturated/α-hetero) is 1. The molecule has 0 saturated carbocycles. The summed E-state index contributed by atoms with van der Waals surface area (Å²) in [6.45, 7) is 1.79. The van der Waals surface area contributed by atoms with Gasteiger partial charge >= 0.3 is 0 Å². The van der Waals surface area contributed by atoms with Crippen LogP contribution in [0.25, 0.3) is 0 Å². The number of carbonyl (C=O) groups is 1. The van der Waals surface area contributed by atoms with Crippen LogP contribution in [0.5, 0.6) is 0 Å². The fraction of sp³-hybridized carbons (Fsp3) is 0.222. The van der Waals surface area contributed by atoms with Gasteiger partial charge < -0.3 is 0 Å². The van der Waals surface area contributed by atoms with Gasteiger partial charge in [-0.3, -0.25) is 4.79 Å². The van der Waals surface area contributed by atoms with Crippen LogP contribution in [0.3, 0.4) is 0 Å². The van der Waals surface area contributed by atoms with Crippen LogP contribution in [-0.4, -0.2) is 10.6 Å². The van der Waals surface area contributed by atoms with Gasteiger partial charge in [-0.1, -0.05) is 33.6 Å². The SMILES string of the molecule is CC(Br)C(=O)c1cccc(I)c1Cl. The van der Waals surface area contributed by atoms with Crippen molar-refractivity contribution in [1.82, 2.24) is 0 Å². The van der Waals surface area contributed by atoms with E-state index in [4.69, 9.17) is 11.6 Å². The van der Waals surface area contributed by atoms with E-state index < -0.39 is 0 Å². The van der Waals surface area contributed by atoms with E-state index >= 15 is 0 Å². The van der Waals surface area contributed by atoms with Crippen LogP contribution in [0.15, 0.2) is 18.2 Å². The van der Waals surface area contributed by atoms with Gasteiger partial charge in [-0.2, -0.15) is 0 Å². The third-order valence-corrected chi connectivity index (χ3v) is 3.62. The molecule has 70 valence electrons. The van der Waals surface area contributed by atoms with E-state index in [0.717, 1.165) is 3.57 Å². The molecule has 0 saturated heterocycles. The summed E-state index contributed by atoms with van der Waals surface area (Å²) in [5.41, 5.74) is 0.581. The summed E-state index contributed by atoms with van der Waals surface area (Å²) in [5.74, 6) is 0.0171. The Morgan fingerprint density at radius 1 is 1.62 bits per heavy atom. The third kappa shape index (κ3) is 2.67. The van der Waals surface area contributed by atoms with Crippen molar-refractivity contribution < 1.29 is 4.79 Å². The lowest BCUT2D eigenvalue weighted by atomic mass is 10.1. The summed E-state index contributed by atoms with van der Waals surface area (Å²) in [6.07, 6.45) is 0. The van der Waals surface area contributed by atoms with Crippen LogP contribution in [0.4, 0.5) is 0 Å². The quantitative estimate of drug-likeness (QED) is 0.436. The first kappa shape index (κ1) is 11.5. The molecule has 0 heterocycles. The summed E-state index contributed by atoms with van der Waals surface area (Å²) >= 11 is 11.3. The van der Waals surface area contributed by atoms with Gasteiger partial charge in [0.2, 0.25) is 0 Å². The number of hydrogen-bond donors (Lipinski definition) is 0. The van der Waals surface area contributed by atoms with E-state index in [2.05, 4.69) is 38.5 Å². The van der Waals surface area contributed by atoms with Crippen molar-refractivity contribution in [3.63, 3.8) is 0 Å². The molecule has 0 fully saturated rings. The van der Waals surface area contributed by atoms with Crippen molar-refractivity contribution in [2.45, 2.75) is 11.8 Å². The Labute approximate surface area is 104 Å². The Hall–Kier alpha value is 0.390. The highest BCUT2D eigenvalue weighted by Crippen LogP contribution is 2.24. The second-order valence-electron chi connectivity index (χ2n) is 2.58. The average Bonchev–Trinajstić information content (AvgIpc) is 2.08. The molecule has 1 aromatic carbocycles. The van der Waals surface area contributed by atoms with Gasteiger partial charge in [0.05, 0.1) is 9.85 Å². The predicted molar refractivity (Wildman–Crippen MR) is 66.9 cm³/mol. The molecular weight excluding hydrogens is 366 g/mol. The summed E-state index contributed by atoms with van der Waals surface area (Å²) in [5, 5.41) is 0.541. The Balaban J connectivity index is 3.15. The molecule has 13 heavy (non-hydrogen) atoms. The molecule has 0 N–H and O–H groups in total. The van der Waals surface area contributed by atoms with E-state index in [0.29, 0.717) is 10.6 Å². The van der Waals surface area contributed by atoms with Gasteiger partial charge in [-0.15, -0.1) is 0 Å². The maximum absolute atomic E-state index is 11.6. The second kappa shape index (κ2) is 4.75. The lowest BCUT2D eigenvalue weighted by molar-refractivity contribution is 0.0996. The lowest BCUT2D eigenvalue weighted by Gasteiger charge is -2.05. The first-order chi connectivity index (χ1) is 6.04. The Morgan fingerprint density at radius 3 is 2.77 bits per heavy atom. The monoisotopic (exact) mass is 372 g/mol. The molecule has 0 aliphatic heterocycles. The first-order valence-electron chi connectivity index (χ1n) is 3.66. The molecule has 1 nitrogen and oxygen atoms in total. The summed E-state index contributed by atoms with van der Waals surface area (Å²) < 4.78 is 0.901. The maximum Gasteiger partial charge on any atom is 0.177 e. The molecule has 0 spiro atoms. The molecule has 0 radical (unpaired) electrons. The molecule has 1 rings (SSSR count). The standard InChI is InChI=1S/C9H7BrClIO/c1-5(10)9(13)6-3-2-4-7(12)8(6)11/h2-5H,1H3. The fourth-order valence-electron chi connectivity index (χ4n) is 0.908. The minimum atomic E-state index is -0.191. The fourth-order valence-corrected chi connectivity index (χ4v) is 1.87. The van der Waals surface area contributed by atoms with Gasteiger partial charge in [0.25, 0.3) is 0 Å². The van der Waals surface area contributed by atoms with Gasteiger partial charge in [0, 0.05) is 9.13 Å². The van der Waals surface area contributed by atoms with Crippen molar-refractivity contribution in [3.05, 3.63) is 32.4 Å². The Morgan fingerprint density at radius 2 is 2.23 bits per heavy atom. The summed E-state index contributed by atoms with van der Waals surface area (Å²) in [7, 11) is 0. The summed E-state index contributed by atoms with van der Waals surface area (Å²) in [4.78, 5) is 11.4. The van der Waals surface area contributed by atoms with Crippen LogP contribution in [0.2, 0.25) is 5.02 Å². The molecule has 0 aliphatic carbocycles. The highest BCUT2D eigenvalue weighted by Gasteiger charge is 2.16. The minimum absolute atomic E-state index is 0.0171. The van der Waals surface area contributed by atoms with Gasteiger partial charge in [0.1, 0.15) is 0 Å².